The summed E-state index contributed by atoms with van der Waals surface area (Å²) in [6.45, 7) is 3.23. The Morgan fingerprint density at radius 3 is 2.21 bits per heavy atom. The van der Waals surface area contributed by atoms with Crippen LogP contribution in [0.4, 0.5) is 8.78 Å². The summed E-state index contributed by atoms with van der Waals surface area (Å²) in [4.78, 5) is 11.2. The topological polar surface area (TPSA) is 26.3 Å². The predicted octanol–water partition coefficient (Wildman–Crippen LogP) is 2.56. The van der Waals surface area contributed by atoms with E-state index in [-0.39, 0.29) is 32.3 Å². The highest BCUT2D eigenvalue weighted by Crippen LogP contribution is 2.40. The summed E-state index contributed by atoms with van der Waals surface area (Å²) in [7, 11) is 0. The summed E-state index contributed by atoms with van der Waals surface area (Å²) in [5.74, 6) is -0.837. The number of esters is 1. The molecule has 1 aliphatic carbocycles. The van der Waals surface area contributed by atoms with Gasteiger partial charge in [0.2, 0.25) is 5.67 Å². The quantitative estimate of drug-likeness (QED) is 0.649. The highest BCUT2D eigenvalue weighted by molar-refractivity contribution is 5.79. The second kappa shape index (κ2) is 3.83. The Kier molecular flexibility index (Phi) is 3.12. The van der Waals surface area contributed by atoms with Crippen LogP contribution in [0.2, 0.25) is 0 Å². The number of alkyl halides is 2. The Morgan fingerprint density at radius 2 is 1.79 bits per heavy atom. The maximum atomic E-state index is 13.9. The number of hydrogen-bond acceptors (Lipinski definition) is 2. The standard InChI is InChI=1S/C10H16F2O2/c1-3-14-8(13)10(12)6-4-9(2,11)5-7-10/h3-7H2,1-2H3. The second-order valence-corrected chi connectivity index (χ2v) is 4.10. The van der Waals surface area contributed by atoms with Crippen molar-refractivity contribution in [3.05, 3.63) is 0 Å². The Morgan fingerprint density at radius 1 is 1.29 bits per heavy atom. The van der Waals surface area contributed by atoms with Crippen LogP contribution in [-0.2, 0) is 9.53 Å². The Hall–Kier alpha value is -0.670. The number of ether oxygens (including phenoxy) is 1. The van der Waals surface area contributed by atoms with Gasteiger partial charge in [-0.1, -0.05) is 0 Å². The Bertz CT molecular complexity index is 216. The summed E-state index contributed by atoms with van der Waals surface area (Å²) in [6.07, 6.45) is 0.0301. The highest BCUT2D eigenvalue weighted by atomic mass is 19.1. The van der Waals surface area contributed by atoms with E-state index in [1.807, 2.05) is 0 Å². The smallest absolute Gasteiger partial charge is 0.343 e. The molecule has 0 radical (unpaired) electrons. The average Bonchev–Trinajstić information content (AvgIpc) is 2.11. The lowest BCUT2D eigenvalue weighted by Gasteiger charge is -2.34. The molecule has 0 unspecified atom stereocenters. The van der Waals surface area contributed by atoms with Gasteiger partial charge in [-0.3, -0.25) is 0 Å². The summed E-state index contributed by atoms with van der Waals surface area (Å²) >= 11 is 0. The first-order chi connectivity index (χ1) is 6.40. The summed E-state index contributed by atoms with van der Waals surface area (Å²) in [6, 6.07) is 0. The third-order valence-electron chi connectivity index (χ3n) is 2.73. The van der Waals surface area contributed by atoms with E-state index in [1.54, 1.807) is 6.92 Å². The molecule has 0 aromatic rings. The molecule has 14 heavy (non-hydrogen) atoms. The molecule has 0 aliphatic heterocycles. The normalized spacial score (nSPS) is 38.0. The maximum Gasteiger partial charge on any atom is 0.343 e. The van der Waals surface area contributed by atoms with Crippen molar-refractivity contribution in [1.29, 1.82) is 0 Å². The van der Waals surface area contributed by atoms with Crippen LogP contribution >= 0.6 is 0 Å². The van der Waals surface area contributed by atoms with Gasteiger partial charge in [0, 0.05) is 0 Å². The summed E-state index contributed by atoms with van der Waals surface area (Å²) in [5, 5.41) is 0. The molecular weight excluding hydrogens is 190 g/mol. The lowest BCUT2D eigenvalue weighted by atomic mass is 9.79. The fraction of sp³-hybridized carbons (Fsp3) is 0.900. The summed E-state index contributed by atoms with van der Waals surface area (Å²) < 4.78 is 31.8. The molecule has 0 saturated heterocycles. The van der Waals surface area contributed by atoms with Gasteiger partial charge in [-0.05, 0) is 39.5 Å². The van der Waals surface area contributed by atoms with E-state index < -0.39 is 17.3 Å². The van der Waals surface area contributed by atoms with Crippen LogP contribution in [0.15, 0.2) is 0 Å². The van der Waals surface area contributed by atoms with Gasteiger partial charge in [0.15, 0.2) is 0 Å². The van der Waals surface area contributed by atoms with Crippen LogP contribution in [0.5, 0.6) is 0 Å². The van der Waals surface area contributed by atoms with Crippen molar-refractivity contribution in [3.8, 4) is 0 Å². The van der Waals surface area contributed by atoms with E-state index >= 15 is 0 Å². The van der Waals surface area contributed by atoms with Gasteiger partial charge in [-0.2, -0.15) is 0 Å². The van der Waals surface area contributed by atoms with E-state index in [4.69, 9.17) is 0 Å². The number of carbonyl (C=O) groups is 1. The third kappa shape index (κ3) is 2.42. The average molecular weight is 206 g/mol. The molecule has 0 atom stereocenters. The zero-order valence-electron chi connectivity index (χ0n) is 8.61. The molecule has 1 fully saturated rings. The first kappa shape index (κ1) is 11.4. The molecule has 0 spiro atoms. The fourth-order valence-corrected chi connectivity index (χ4v) is 1.63. The molecule has 0 aromatic heterocycles. The van der Waals surface area contributed by atoms with Crippen molar-refractivity contribution in [2.45, 2.75) is 50.9 Å². The monoisotopic (exact) mass is 206 g/mol. The minimum absolute atomic E-state index is 0.0706. The van der Waals surface area contributed by atoms with Crippen LogP contribution in [0.1, 0.15) is 39.5 Å². The molecule has 2 nitrogen and oxygen atoms in total. The van der Waals surface area contributed by atoms with E-state index in [0.717, 1.165) is 0 Å². The van der Waals surface area contributed by atoms with Crippen LogP contribution < -0.4 is 0 Å². The van der Waals surface area contributed by atoms with Crippen LogP contribution in [0.3, 0.4) is 0 Å². The number of hydrogen-bond donors (Lipinski definition) is 0. The third-order valence-corrected chi connectivity index (χ3v) is 2.73. The number of rotatable bonds is 2. The zero-order valence-corrected chi connectivity index (χ0v) is 8.61. The molecule has 0 bridgehead atoms. The first-order valence-corrected chi connectivity index (χ1v) is 4.95. The molecule has 0 heterocycles. The van der Waals surface area contributed by atoms with E-state index in [1.165, 1.54) is 6.92 Å². The largest absolute Gasteiger partial charge is 0.464 e. The van der Waals surface area contributed by atoms with E-state index in [0.29, 0.717) is 0 Å². The van der Waals surface area contributed by atoms with Crippen LogP contribution in [-0.4, -0.2) is 23.9 Å². The van der Waals surface area contributed by atoms with Crippen LogP contribution in [0, 0.1) is 0 Å². The Labute approximate surface area is 82.6 Å². The van der Waals surface area contributed by atoms with Crippen molar-refractivity contribution in [1.82, 2.24) is 0 Å². The first-order valence-electron chi connectivity index (χ1n) is 4.95. The molecule has 0 amide bonds. The van der Waals surface area contributed by atoms with Crippen molar-refractivity contribution < 1.29 is 18.3 Å². The molecule has 1 saturated carbocycles. The Balaban J connectivity index is 2.57. The lowest BCUT2D eigenvalue weighted by Crippen LogP contribution is -2.42. The van der Waals surface area contributed by atoms with Crippen molar-refractivity contribution in [2.24, 2.45) is 0 Å². The van der Waals surface area contributed by atoms with Crippen LogP contribution in [0.25, 0.3) is 0 Å². The van der Waals surface area contributed by atoms with Crippen molar-refractivity contribution in [3.63, 3.8) is 0 Å². The van der Waals surface area contributed by atoms with Gasteiger partial charge in [0.1, 0.15) is 5.67 Å². The van der Waals surface area contributed by atoms with Crippen molar-refractivity contribution in [2.75, 3.05) is 6.61 Å². The van der Waals surface area contributed by atoms with E-state index in [2.05, 4.69) is 4.74 Å². The minimum Gasteiger partial charge on any atom is -0.464 e. The molecular formula is C10H16F2O2. The summed E-state index contributed by atoms with van der Waals surface area (Å²) in [5.41, 5.74) is -3.29. The lowest BCUT2D eigenvalue weighted by molar-refractivity contribution is -0.161. The van der Waals surface area contributed by atoms with Gasteiger partial charge in [0.05, 0.1) is 6.61 Å². The zero-order chi connectivity index (χ0) is 10.8. The SMILES string of the molecule is CCOC(=O)C1(F)CCC(C)(F)CC1. The second-order valence-electron chi connectivity index (χ2n) is 4.10. The van der Waals surface area contributed by atoms with E-state index in [9.17, 15) is 13.6 Å². The molecule has 82 valence electrons. The minimum atomic E-state index is -1.96. The molecule has 1 aliphatic rings. The highest BCUT2D eigenvalue weighted by Gasteiger charge is 2.47. The number of carbonyl (C=O) groups excluding carboxylic acids is 1. The number of halogens is 2. The molecule has 4 heteroatoms. The van der Waals surface area contributed by atoms with Gasteiger partial charge < -0.3 is 4.74 Å². The molecule has 1 rings (SSSR count). The van der Waals surface area contributed by atoms with Gasteiger partial charge >= 0.3 is 5.97 Å². The van der Waals surface area contributed by atoms with Crippen molar-refractivity contribution >= 4 is 5.97 Å². The predicted molar refractivity (Wildman–Crippen MR) is 48.5 cm³/mol. The van der Waals surface area contributed by atoms with Gasteiger partial charge in [-0.25, -0.2) is 13.6 Å². The van der Waals surface area contributed by atoms with Gasteiger partial charge in [0.25, 0.3) is 0 Å². The van der Waals surface area contributed by atoms with Gasteiger partial charge in [-0.15, -0.1) is 0 Å². The molecule has 0 aromatic carbocycles. The fourth-order valence-electron chi connectivity index (χ4n) is 1.63. The molecule has 0 N–H and O–H groups in total. The maximum absolute atomic E-state index is 13.9.